The molecule has 0 saturated carbocycles. The lowest BCUT2D eigenvalue weighted by atomic mass is 10.0. The van der Waals surface area contributed by atoms with E-state index in [1.165, 1.54) is 6.26 Å². The highest BCUT2D eigenvalue weighted by Gasteiger charge is 2.44. The van der Waals surface area contributed by atoms with Gasteiger partial charge in [-0.05, 0) is 24.3 Å². The first-order chi connectivity index (χ1) is 9.70. The van der Waals surface area contributed by atoms with Gasteiger partial charge in [0.2, 0.25) is 5.91 Å². The Kier molecular flexibility index (Phi) is 4.75. The molecule has 1 saturated heterocycles. The lowest BCUT2D eigenvalue weighted by Gasteiger charge is -2.29. The van der Waals surface area contributed by atoms with Crippen molar-refractivity contribution in [2.24, 2.45) is 5.92 Å². The molecule has 1 aromatic rings. The van der Waals surface area contributed by atoms with Crippen molar-refractivity contribution >= 4 is 27.1 Å². The van der Waals surface area contributed by atoms with Crippen molar-refractivity contribution in [2.75, 3.05) is 12.0 Å². The Balaban J connectivity index is 2.31. The highest BCUT2D eigenvalue weighted by Crippen LogP contribution is 2.32. The van der Waals surface area contributed by atoms with Crippen LogP contribution in [0.15, 0.2) is 17.5 Å². The Morgan fingerprint density at radius 2 is 2.05 bits per heavy atom. The zero-order valence-electron chi connectivity index (χ0n) is 12.7. The standard InChI is InChI=1S/C14H22N2O3S2/c1-9(2)12-14(17)16(10(3)8-21(4,18)19)13(15-12)11-6-5-7-20-11/h5-7,9-10,12-13,15H,8H2,1-4H3. The summed E-state index contributed by atoms with van der Waals surface area (Å²) in [5.74, 6) is 0.127. The maximum Gasteiger partial charge on any atom is 0.241 e. The van der Waals surface area contributed by atoms with Gasteiger partial charge in [-0.25, -0.2) is 8.42 Å². The Hall–Kier alpha value is -0.920. The second kappa shape index (κ2) is 6.06. The Morgan fingerprint density at radius 3 is 2.52 bits per heavy atom. The van der Waals surface area contributed by atoms with Gasteiger partial charge in [-0.2, -0.15) is 0 Å². The van der Waals surface area contributed by atoms with Crippen LogP contribution in [0.4, 0.5) is 0 Å². The van der Waals surface area contributed by atoms with Gasteiger partial charge >= 0.3 is 0 Å². The number of sulfone groups is 1. The van der Waals surface area contributed by atoms with Crippen LogP contribution in [0.1, 0.15) is 31.8 Å². The maximum absolute atomic E-state index is 12.7. The van der Waals surface area contributed by atoms with Gasteiger partial charge in [0.05, 0.1) is 11.8 Å². The zero-order valence-corrected chi connectivity index (χ0v) is 14.4. The van der Waals surface area contributed by atoms with E-state index in [4.69, 9.17) is 0 Å². The van der Waals surface area contributed by atoms with Crippen molar-refractivity contribution in [1.29, 1.82) is 0 Å². The zero-order chi connectivity index (χ0) is 15.8. The molecule has 1 aromatic heterocycles. The lowest BCUT2D eigenvalue weighted by molar-refractivity contribution is -0.132. The molecule has 0 spiro atoms. The molecule has 2 rings (SSSR count). The van der Waals surface area contributed by atoms with Crippen LogP contribution in [0.5, 0.6) is 0 Å². The van der Waals surface area contributed by atoms with E-state index in [1.54, 1.807) is 23.2 Å². The normalized spacial score (nSPS) is 24.8. The van der Waals surface area contributed by atoms with Crippen LogP contribution in [0, 0.1) is 5.92 Å². The molecule has 1 aliphatic rings. The van der Waals surface area contributed by atoms with Gasteiger partial charge in [0, 0.05) is 17.2 Å². The van der Waals surface area contributed by atoms with Gasteiger partial charge in [-0.3, -0.25) is 10.1 Å². The summed E-state index contributed by atoms with van der Waals surface area (Å²) < 4.78 is 23.1. The fourth-order valence-electron chi connectivity index (χ4n) is 2.74. The van der Waals surface area contributed by atoms with Crippen LogP contribution in [-0.2, 0) is 14.6 Å². The Labute approximate surface area is 130 Å². The van der Waals surface area contributed by atoms with E-state index >= 15 is 0 Å². The first kappa shape index (κ1) is 16.5. The molecule has 0 aliphatic carbocycles. The summed E-state index contributed by atoms with van der Waals surface area (Å²) in [7, 11) is -3.13. The predicted molar refractivity (Wildman–Crippen MR) is 84.8 cm³/mol. The second-order valence-corrected chi connectivity index (χ2v) is 9.16. The number of amides is 1. The molecule has 2 heterocycles. The number of carbonyl (C=O) groups is 1. The van der Waals surface area contributed by atoms with Crippen LogP contribution >= 0.6 is 11.3 Å². The molecule has 0 aromatic carbocycles. The third-order valence-electron chi connectivity index (χ3n) is 3.63. The quantitative estimate of drug-likeness (QED) is 0.891. The van der Waals surface area contributed by atoms with Crippen molar-refractivity contribution in [1.82, 2.24) is 10.2 Å². The number of nitrogens with one attached hydrogen (secondary N) is 1. The van der Waals surface area contributed by atoms with E-state index in [0.717, 1.165) is 4.88 Å². The van der Waals surface area contributed by atoms with Crippen molar-refractivity contribution in [3.05, 3.63) is 22.4 Å². The number of rotatable bonds is 5. The van der Waals surface area contributed by atoms with E-state index in [0.29, 0.717) is 0 Å². The van der Waals surface area contributed by atoms with Gasteiger partial charge in [0.25, 0.3) is 0 Å². The van der Waals surface area contributed by atoms with Gasteiger partial charge in [-0.1, -0.05) is 19.9 Å². The number of hydrogen-bond acceptors (Lipinski definition) is 5. The molecule has 0 radical (unpaired) electrons. The van der Waals surface area contributed by atoms with Crippen molar-refractivity contribution in [3.63, 3.8) is 0 Å². The average molecular weight is 330 g/mol. The molecule has 3 atom stereocenters. The third kappa shape index (κ3) is 3.64. The third-order valence-corrected chi connectivity index (χ3v) is 5.65. The first-order valence-electron chi connectivity index (χ1n) is 7.00. The SMILES string of the molecule is CC(C)C1NC(c2cccs2)N(C(C)CS(C)(=O)=O)C1=O. The lowest BCUT2D eigenvalue weighted by Crippen LogP contribution is -2.42. The minimum absolute atomic E-state index is 0.0143. The van der Waals surface area contributed by atoms with Gasteiger partial charge in [0.1, 0.15) is 16.0 Å². The largest absolute Gasteiger partial charge is 0.317 e. The predicted octanol–water partition coefficient (Wildman–Crippen LogP) is 1.64. The molecule has 21 heavy (non-hydrogen) atoms. The average Bonchev–Trinajstić information content (AvgIpc) is 2.92. The van der Waals surface area contributed by atoms with Crippen molar-refractivity contribution in [3.8, 4) is 0 Å². The number of hydrogen-bond donors (Lipinski definition) is 1. The van der Waals surface area contributed by atoms with Crippen LogP contribution in [0.3, 0.4) is 0 Å². The van der Waals surface area contributed by atoms with Gasteiger partial charge < -0.3 is 4.90 Å². The molecule has 1 N–H and O–H groups in total. The van der Waals surface area contributed by atoms with E-state index in [1.807, 2.05) is 31.4 Å². The summed E-state index contributed by atoms with van der Waals surface area (Å²) in [6.45, 7) is 5.78. The molecular weight excluding hydrogens is 308 g/mol. The minimum atomic E-state index is -3.13. The van der Waals surface area contributed by atoms with Crippen LogP contribution in [0.2, 0.25) is 0 Å². The minimum Gasteiger partial charge on any atom is -0.317 e. The van der Waals surface area contributed by atoms with E-state index in [-0.39, 0.29) is 35.8 Å². The molecule has 118 valence electrons. The highest BCUT2D eigenvalue weighted by atomic mass is 32.2. The number of nitrogens with zero attached hydrogens (tertiary/aromatic N) is 1. The molecule has 5 nitrogen and oxygen atoms in total. The number of carbonyl (C=O) groups excluding carboxylic acids is 1. The summed E-state index contributed by atoms with van der Waals surface area (Å²) in [4.78, 5) is 15.4. The summed E-state index contributed by atoms with van der Waals surface area (Å²) >= 11 is 1.57. The summed E-state index contributed by atoms with van der Waals surface area (Å²) in [6, 6.07) is 3.29. The maximum atomic E-state index is 12.7. The first-order valence-corrected chi connectivity index (χ1v) is 9.94. The summed E-state index contributed by atoms with van der Waals surface area (Å²) in [6.07, 6.45) is 0.971. The molecule has 3 unspecified atom stereocenters. The molecule has 7 heteroatoms. The van der Waals surface area contributed by atoms with Gasteiger partial charge in [-0.15, -0.1) is 11.3 Å². The monoisotopic (exact) mass is 330 g/mol. The number of thiophene rings is 1. The van der Waals surface area contributed by atoms with Crippen LogP contribution in [-0.4, -0.2) is 43.3 Å². The van der Waals surface area contributed by atoms with Crippen LogP contribution in [0.25, 0.3) is 0 Å². The molecule has 1 fully saturated rings. The van der Waals surface area contributed by atoms with Crippen LogP contribution < -0.4 is 5.32 Å². The Morgan fingerprint density at radius 1 is 1.38 bits per heavy atom. The van der Waals surface area contributed by atoms with Crippen molar-refractivity contribution < 1.29 is 13.2 Å². The molecule has 1 amide bonds. The molecule has 1 aliphatic heterocycles. The highest BCUT2D eigenvalue weighted by molar-refractivity contribution is 7.90. The Bertz CT molecular complexity index is 596. The molecular formula is C14H22N2O3S2. The van der Waals surface area contributed by atoms with E-state index in [9.17, 15) is 13.2 Å². The second-order valence-electron chi connectivity index (χ2n) is 5.99. The topological polar surface area (TPSA) is 66.5 Å². The molecule has 0 bridgehead atoms. The fraction of sp³-hybridized carbons (Fsp3) is 0.643. The van der Waals surface area contributed by atoms with Gasteiger partial charge in [0.15, 0.2) is 0 Å². The van der Waals surface area contributed by atoms with E-state index < -0.39 is 9.84 Å². The fourth-order valence-corrected chi connectivity index (χ4v) is 4.56. The van der Waals surface area contributed by atoms with Crippen molar-refractivity contribution in [2.45, 2.75) is 39.0 Å². The van der Waals surface area contributed by atoms with E-state index in [2.05, 4.69) is 5.32 Å². The summed E-state index contributed by atoms with van der Waals surface area (Å²) in [5.41, 5.74) is 0. The smallest absolute Gasteiger partial charge is 0.241 e. The summed E-state index contributed by atoms with van der Waals surface area (Å²) in [5, 5.41) is 5.31.